The summed E-state index contributed by atoms with van der Waals surface area (Å²) in [6, 6.07) is 15.6. The van der Waals surface area contributed by atoms with E-state index in [1.165, 1.54) is 11.1 Å². The van der Waals surface area contributed by atoms with Crippen molar-refractivity contribution in [3.8, 4) is 22.8 Å². The molecule has 2 heterocycles. The van der Waals surface area contributed by atoms with Crippen molar-refractivity contribution < 1.29 is 14.3 Å². The van der Waals surface area contributed by atoms with E-state index in [0.29, 0.717) is 43.2 Å². The first-order chi connectivity index (χ1) is 15.5. The highest BCUT2D eigenvalue weighted by molar-refractivity contribution is 5.95. The van der Waals surface area contributed by atoms with Crippen LogP contribution in [0.2, 0.25) is 0 Å². The third-order valence-electron chi connectivity index (χ3n) is 5.80. The topological polar surface area (TPSA) is 67.8 Å². The molecule has 0 atom stereocenters. The first kappa shape index (κ1) is 21.6. The number of nitrogens with zero attached hydrogens (tertiary/aromatic N) is 4. The molecule has 166 valence electrons. The Bertz CT molecular complexity index is 1080. The number of anilines is 1. The van der Waals surface area contributed by atoms with E-state index in [1.807, 2.05) is 17.0 Å². The third kappa shape index (κ3) is 4.51. The number of rotatable bonds is 5. The van der Waals surface area contributed by atoms with Gasteiger partial charge in [-0.05, 0) is 43.7 Å². The Morgan fingerprint density at radius 1 is 0.844 bits per heavy atom. The molecule has 0 bridgehead atoms. The Hall–Kier alpha value is -3.61. The summed E-state index contributed by atoms with van der Waals surface area (Å²) in [7, 11) is 3.16. The van der Waals surface area contributed by atoms with Crippen LogP contribution in [0.25, 0.3) is 11.3 Å². The second kappa shape index (κ2) is 9.26. The van der Waals surface area contributed by atoms with Gasteiger partial charge in [-0.3, -0.25) is 4.79 Å². The number of ether oxygens (including phenoxy) is 2. The molecule has 7 nitrogen and oxygen atoms in total. The third-order valence-corrected chi connectivity index (χ3v) is 5.80. The van der Waals surface area contributed by atoms with Gasteiger partial charge >= 0.3 is 0 Å². The lowest BCUT2D eigenvalue weighted by atomic mass is 10.0. The van der Waals surface area contributed by atoms with E-state index >= 15 is 0 Å². The summed E-state index contributed by atoms with van der Waals surface area (Å²) in [4.78, 5) is 17.0. The molecule has 0 saturated carbocycles. The molecule has 1 aliphatic heterocycles. The van der Waals surface area contributed by atoms with Crippen LogP contribution in [0.5, 0.6) is 11.5 Å². The Balaban J connectivity index is 1.42. The highest BCUT2D eigenvalue weighted by Crippen LogP contribution is 2.25. The lowest BCUT2D eigenvalue weighted by molar-refractivity contribution is 0.0745. The molecule has 0 N–H and O–H groups in total. The predicted octanol–water partition coefficient (Wildman–Crippen LogP) is 3.74. The molecule has 32 heavy (non-hydrogen) atoms. The molecule has 1 aliphatic rings. The lowest BCUT2D eigenvalue weighted by Gasteiger charge is -2.35. The molecule has 0 spiro atoms. The normalized spacial score (nSPS) is 13.8. The van der Waals surface area contributed by atoms with Crippen LogP contribution in [0, 0.1) is 13.8 Å². The second-order valence-electron chi connectivity index (χ2n) is 7.98. The molecule has 1 saturated heterocycles. The molecular weight excluding hydrogens is 404 g/mol. The van der Waals surface area contributed by atoms with Gasteiger partial charge in [0.1, 0.15) is 11.5 Å². The average molecular weight is 433 g/mol. The number of hydrogen-bond donors (Lipinski definition) is 0. The standard InChI is InChI=1S/C25H28N4O3/c1-17-5-6-22(18(2)13-17)23-7-8-24(27-26-23)28-9-11-29(12-10-28)25(30)19-14-20(31-3)16-21(15-19)32-4/h5-8,13-16H,9-12H2,1-4H3. The van der Waals surface area contributed by atoms with Gasteiger partial charge in [-0.15, -0.1) is 10.2 Å². The van der Waals surface area contributed by atoms with Crippen molar-refractivity contribution >= 4 is 11.7 Å². The van der Waals surface area contributed by atoms with E-state index in [4.69, 9.17) is 9.47 Å². The van der Waals surface area contributed by atoms with Gasteiger partial charge in [0, 0.05) is 43.4 Å². The second-order valence-corrected chi connectivity index (χ2v) is 7.98. The van der Waals surface area contributed by atoms with Gasteiger partial charge in [0.2, 0.25) is 0 Å². The zero-order valence-corrected chi connectivity index (χ0v) is 19.0. The number of hydrogen-bond acceptors (Lipinski definition) is 6. The lowest BCUT2D eigenvalue weighted by Crippen LogP contribution is -2.49. The van der Waals surface area contributed by atoms with Crippen LogP contribution >= 0.6 is 0 Å². The number of carbonyl (C=O) groups is 1. The molecule has 0 unspecified atom stereocenters. The fourth-order valence-corrected chi connectivity index (χ4v) is 3.99. The van der Waals surface area contributed by atoms with Crippen molar-refractivity contribution in [1.29, 1.82) is 0 Å². The molecule has 7 heteroatoms. The zero-order valence-electron chi connectivity index (χ0n) is 19.0. The molecule has 3 aromatic rings. The van der Waals surface area contributed by atoms with Crippen LogP contribution in [0.3, 0.4) is 0 Å². The van der Waals surface area contributed by atoms with Crippen molar-refractivity contribution in [2.45, 2.75) is 13.8 Å². The van der Waals surface area contributed by atoms with Gasteiger partial charge in [0.25, 0.3) is 5.91 Å². The molecule has 0 aliphatic carbocycles. The van der Waals surface area contributed by atoms with Crippen molar-refractivity contribution in [2.75, 3.05) is 45.3 Å². The van der Waals surface area contributed by atoms with Gasteiger partial charge < -0.3 is 19.3 Å². The Labute approximate surface area is 188 Å². The Morgan fingerprint density at radius 2 is 1.53 bits per heavy atom. The number of piperazine rings is 1. The van der Waals surface area contributed by atoms with Gasteiger partial charge in [0.15, 0.2) is 5.82 Å². The van der Waals surface area contributed by atoms with Crippen molar-refractivity contribution in [3.63, 3.8) is 0 Å². The SMILES string of the molecule is COc1cc(OC)cc(C(=O)N2CCN(c3ccc(-c4ccc(C)cc4C)nn3)CC2)c1. The summed E-state index contributed by atoms with van der Waals surface area (Å²) >= 11 is 0. The fourth-order valence-electron chi connectivity index (χ4n) is 3.99. The summed E-state index contributed by atoms with van der Waals surface area (Å²) in [6.45, 7) is 6.79. The van der Waals surface area contributed by atoms with Crippen LogP contribution in [0.1, 0.15) is 21.5 Å². The number of carbonyl (C=O) groups excluding carboxylic acids is 1. The number of aryl methyl sites for hydroxylation is 2. The first-order valence-electron chi connectivity index (χ1n) is 10.7. The molecule has 1 amide bonds. The van der Waals surface area contributed by atoms with Crippen LogP contribution in [-0.4, -0.2) is 61.4 Å². The van der Waals surface area contributed by atoms with Crippen LogP contribution in [0.4, 0.5) is 5.82 Å². The quantitative estimate of drug-likeness (QED) is 0.612. The van der Waals surface area contributed by atoms with Gasteiger partial charge in [-0.2, -0.15) is 0 Å². The molecule has 1 aromatic heterocycles. The van der Waals surface area contributed by atoms with Gasteiger partial charge in [-0.25, -0.2) is 0 Å². The fraction of sp³-hybridized carbons (Fsp3) is 0.320. The largest absolute Gasteiger partial charge is 0.497 e. The maximum atomic E-state index is 13.0. The van der Waals surface area contributed by atoms with E-state index < -0.39 is 0 Å². The molecular formula is C25H28N4O3. The minimum Gasteiger partial charge on any atom is -0.497 e. The average Bonchev–Trinajstić information content (AvgIpc) is 2.83. The minimum absolute atomic E-state index is 0.0295. The molecule has 1 fully saturated rings. The number of methoxy groups -OCH3 is 2. The smallest absolute Gasteiger partial charge is 0.254 e. The van der Waals surface area contributed by atoms with E-state index in [-0.39, 0.29) is 5.91 Å². The molecule has 0 radical (unpaired) electrons. The monoisotopic (exact) mass is 432 g/mol. The van der Waals surface area contributed by atoms with Crippen LogP contribution in [0.15, 0.2) is 48.5 Å². The van der Waals surface area contributed by atoms with Crippen molar-refractivity contribution in [1.82, 2.24) is 15.1 Å². The minimum atomic E-state index is -0.0295. The van der Waals surface area contributed by atoms with E-state index in [1.54, 1.807) is 32.4 Å². The van der Waals surface area contributed by atoms with Gasteiger partial charge in [-0.1, -0.05) is 23.8 Å². The van der Waals surface area contributed by atoms with Crippen molar-refractivity contribution in [3.05, 3.63) is 65.2 Å². The van der Waals surface area contributed by atoms with Crippen LogP contribution < -0.4 is 14.4 Å². The van der Waals surface area contributed by atoms with E-state index in [9.17, 15) is 4.79 Å². The maximum absolute atomic E-state index is 13.0. The predicted molar refractivity (Wildman–Crippen MR) is 125 cm³/mol. The first-order valence-corrected chi connectivity index (χ1v) is 10.7. The summed E-state index contributed by atoms with van der Waals surface area (Å²) in [5, 5.41) is 8.91. The summed E-state index contributed by atoms with van der Waals surface area (Å²) in [6.07, 6.45) is 0. The van der Waals surface area contributed by atoms with E-state index in [0.717, 1.165) is 17.1 Å². The summed E-state index contributed by atoms with van der Waals surface area (Å²) in [5.74, 6) is 2.00. The zero-order chi connectivity index (χ0) is 22.7. The Morgan fingerprint density at radius 3 is 2.09 bits per heavy atom. The van der Waals surface area contributed by atoms with Gasteiger partial charge in [0.05, 0.1) is 19.9 Å². The van der Waals surface area contributed by atoms with Crippen LogP contribution in [-0.2, 0) is 0 Å². The highest BCUT2D eigenvalue weighted by atomic mass is 16.5. The molecule has 4 rings (SSSR count). The van der Waals surface area contributed by atoms with Crippen molar-refractivity contribution in [2.24, 2.45) is 0 Å². The highest BCUT2D eigenvalue weighted by Gasteiger charge is 2.24. The number of amides is 1. The summed E-state index contributed by atoms with van der Waals surface area (Å²) in [5.41, 5.74) is 4.95. The number of benzene rings is 2. The summed E-state index contributed by atoms with van der Waals surface area (Å²) < 4.78 is 10.6. The molecule has 2 aromatic carbocycles. The number of aromatic nitrogens is 2. The Kier molecular flexibility index (Phi) is 6.25. The van der Waals surface area contributed by atoms with E-state index in [2.05, 4.69) is 47.1 Å². The maximum Gasteiger partial charge on any atom is 0.254 e.